The van der Waals surface area contributed by atoms with Gasteiger partial charge in [0.25, 0.3) is 0 Å². The monoisotopic (exact) mass is 432 g/mol. The third kappa shape index (κ3) is 3.49. The van der Waals surface area contributed by atoms with Crippen LogP contribution in [0.5, 0.6) is 0 Å². The number of nitrogens with one attached hydrogen (secondary N) is 1. The molecule has 5 rings (SSSR count). The van der Waals surface area contributed by atoms with E-state index in [2.05, 4.69) is 10.3 Å². The van der Waals surface area contributed by atoms with E-state index in [1.54, 1.807) is 12.1 Å². The summed E-state index contributed by atoms with van der Waals surface area (Å²) in [6.07, 6.45) is 4.35. The van der Waals surface area contributed by atoms with Crippen molar-refractivity contribution >= 4 is 11.6 Å². The summed E-state index contributed by atoms with van der Waals surface area (Å²) in [5.41, 5.74) is 3.49. The van der Waals surface area contributed by atoms with Gasteiger partial charge < -0.3 is 15.2 Å². The molecule has 2 aromatic carbocycles. The van der Waals surface area contributed by atoms with Crippen LogP contribution in [-0.2, 0) is 20.5 Å². The summed E-state index contributed by atoms with van der Waals surface area (Å²) >= 11 is 0. The van der Waals surface area contributed by atoms with Gasteiger partial charge in [0, 0.05) is 23.1 Å². The first kappa shape index (κ1) is 20.8. The van der Waals surface area contributed by atoms with Gasteiger partial charge in [-0.1, -0.05) is 24.3 Å². The Bertz CT molecular complexity index is 1150. The van der Waals surface area contributed by atoms with Gasteiger partial charge >= 0.3 is 0 Å². The molecule has 1 aliphatic carbocycles. The number of amides is 1. The third-order valence-electron chi connectivity index (χ3n) is 6.70. The standard InChI is InChI=1S/C26H25FN2O3/c1-17-13-23(26(31)11-2-12-26)22(14-28-17)18-3-5-19(6-4-18)25(15-32-16-25)24(30)29-21-9-7-20(27)8-10-21/h3-10,13-14,31H,2,11-12,15-16H2,1H3,(H,29,30). The molecule has 2 fully saturated rings. The van der Waals surface area contributed by atoms with Gasteiger partial charge in [-0.2, -0.15) is 0 Å². The molecule has 0 atom stereocenters. The molecule has 5 nitrogen and oxygen atoms in total. The van der Waals surface area contributed by atoms with Gasteiger partial charge in [-0.05, 0) is 73.2 Å². The van der Waals surface area contributed by atoms with Crippen molar-refractivity contribution in [3.05, 3.63) is 83.4 Å². The van der Waals surface area contributed by atoms with E-state index in [-0.39, 0.29) is 24.9 Å². The van der Waals surface area contributed by atoms with Crippen molar-refractivity contribution in [3.8, 4) is 11.1 Å². The Balaban J connectivity index is 1.43. The van der Waals surface area contributed by atoms with Crippen LogP contribution in [0.15, 0.2) is 60.8 Å². The Labute approximate surface area is 186 Å². The second-order valence-electron chi connectivity index (χ2n) is 8.87. The predicted molar refractivity (Wildman–Crippen MR) is 120 cm³/mol. The van der Waals surface area contributed by atoms with E-state index < -0.39 is 11.0 Å². The second-order valence-corrected chi connectivity index (χ2v) is 8.87. The Morgan fingerprint density at radius 1 is 1.09 bits per heavy atom. The molecular weight excluding hydrogens is 407 g/mol. The maximum atomic E-state index is 13.2. The average Bonchev–Trinajstić information content (AvgIpc) is 2.73. The number of aryl methyl sites for hydroxylation is 1. The number of benzene rings is 2. The molecule has 1 aromatic heterocycles. The zero-order valence-corrected chi connectivity index (χ0v) is 17.9. The Kier molecular flexibility index (Phi) is 5.07. The zero-order chi connectivity index (χ0) is 22.3. The van der Waals surface area contributed by atoms with Crippen LogP contribution in [0.2, 0.25) is 0 Å². The van der Waals surface area contributed by atoms with Gasteiger partial charge in [-0.25, -0.2) is 4.39 Å². The normalized spacial score (nSPS) is 18.3. The number of carbonyl (C=O) groups excluding carboxylic acids is 1. The van der Waals surface area contributed by atoms with Crippen molar-refractivity contribution in [2.24, 2.45) is 0 Å². The molecule has 0 unspecified atom stereocenters. The second kappa shape index (κ2) is 7.80. The highest BCUT2D eigenvalue weighted by atomic mass is 19.1. The molecule has 1 amide bonds. The molecule has 1 saturated carbocycles. The maximum absolute atomic E-state index is 13.2. The van der Waals surface area contributed by atoms with E-state index in [1.165, 1.54) is 12.1 Å². The molecule has 0 radical (unpaired) electrons. The number of hydrogen-bond acceptors (Lipinski definition) is 4. The molecule has 2 aliphatic rings. The highest BCUT2D eigenvalue weighted by Crippen LogP contribution is 2.45. The van der Waals surface area contributed by atoms with Crippen molar-refractivity contribution in [2.75, 3.05) is 18.5 Å². The number of carbonyl (C=O) groups is 1. The number of nitrogens with zero attached hydrogens (tertiary/aromatic N) is 1. The minimum Gasteiger partial charge on any atom is -0.385 e. The van der Waals surface area contributed by atoms with E-state index in [4.69, 9.17) is 4.74 Å². The van der Waals surface area contributed by atoms with Crippen LogP contribution in [0, 0.1) is 12.7 Å². The average molecular weight is 432 g/mol. The van der Waals surface area contributed by atoms with E-state index in [0.717, 1.165) is 47.2 Å². The molecule has 164 valence electrons. The first-order chi connectivity index (χ1) is 15.4. The summed E-state index contributed by atoms with van der Waals surface area (Å²) in [5, 5.41) is 13.9. The van der Waals surface area contributed by atoms with Crippen molar-refractivity contribution in [3.63, 3.8) is 0 Å². The maximum Gasteiger partial charge on any atom is 0.239 e. The van der Waals surface area contributed by atoms with Crippen LogP contribution in [-0.4, -0.2) is 29.2 Å². The minimum atomic E-state index is -0.792. The molecule has 0 spiro atoms. The SMILES string of the molecule is Cc1cc(C2(O)CCC2)c(-c2ccc(C3(C(=O)Nc4ccc(F)cc4)COC3)cc2)cn1. The fourth-order valence-electron chi connectivity index (χ4n) is 4.44. The summed E-state index contributed by atoms with van der Waals surface area (Å²) in [6, 6.07) is 15.5. The smallest absolute Gasteiger partial charge is 0.239 e. The van der Waals surface area contributed by atoms with Gasteiger partial charge in [-0.3, -0.25) is 9.78 Å². The van der Waals surface area contributed by atoms with Crippen molar-refractivity contribution in [2.45, 2.75) is 37.2 Å². The number of halogens is 1. The van der Waals surface area contributed by atoms with Crippen LogP contribution >= 0.6 is 0 Å². The molecule has 1 saturated heterocycles. The topological polar surface area (TPSA) is 71.5 Å². The van der Waals surface area contributed by atoms with Crippen LogP contribution in [0.25, 0.3) is 11.1 Å². The first-order valence-corrected chi connectivity index (χ1v) is 10.8. The molecule has 3 aromatic rings. The van der Waals surface area contributed by atoms with Gasteiger partial charge in [0.15, 0.2) is 0 Å². The van der Waals surface area contributed by atoms with E-state index in [9.17, 15) is 14.3 Å². The quantitative estimate of drug-likeness (QED) is 0.624. The summed E-state index contributed by atoms with van der Waals surface area (Å²) in [6.45, 7) is 2.51. The summed E-state index contributed by atoms with van der Waals surface area (Å²) in [5.74, 6) is -0.526. The van der Waals surface area contributed by atoms with Gasteiger partial charge in [0.2, 0.25) is 5.91 Å². The van der Waals surface area contributed by atoms with Crippen LogP contribution in [0.1, 0.15) is 36.1 Å². The number of aliphatic hydroxyl groups is 1. The first-order valence-electron chi connectivity index (χ1n) is 10.8. The molecule has 1 aliphatic heterocycles. The van der Waals surface area contributed by atoms with Crippen molar-refractivity contribution in [1.82, 2.24) is 4.98 Å². The highest BCUT2D eigenvalue weighted by molar-refractivity contribution is 6.00. The van der Waals surface area contributed by atoms with Gasteiger partial charge in [0.1, 0.15) is 11.2 Å². The summed E-state index contributed by atoms with van der Waals surface area (Å²) in [4.78, 5) is 17.5. The van der Waals surface area contributed by atoms with Gasteiger partial charge in [0.05, 0.1) is 18.8 Å². The zero-order valence-electron chi connectivity index (χ0n) is 17.9. The van der Waals surface area contributed by atoms with Crippen molar-refractivity contribution < 1.29 is 19.0 Å². The largest absolute Gasteiger partial charge is 0.385 e. The lowest BCUT2D eigenvalue weighted by molar-refractivity contribution is -0.139. The molecule has 2 heterocycles. The highest BCUT2D eigenvalue weighted by Gasteiger charge is 2.47. The molecule has 2 N–H and O–H groups in total. The number of ether oxygens (including phenoxy) is 1. The number of hydrogen-bond donors (Lipinski definition) is 2. The Morgan fingerprint density at radius 2 is 1.78 bits per heavy atom. The lowest BCUT2D eigenvalue weighted by Gasteiger charge is -2.40. The lowest BCUT2D eigenvalue weighted by atomic mass is 9.72. The van der Waals surface area contributed by atoms with Crippen LogP contribution in [0.4, 0.5) is 10.1 Å². The third-order valence-corrected chi connectivity index (χ3v) is 6.70. The molecule has 0 bridgehead atoms. The van der Waals surface area contributed by atoms with Crippen LogP contribution in [0.3, 0.4) is 0 Å². The fourth-order valence-corrected chi connectivity index (χ4v) is 4.44. The summed E-state index contributed by atoms with van der Waals surface area (Å²) in [7, 11) is 0. The number of rotatable bonds is 5. The minimum absolute atomic E-state index is 0.176. The lowest BCUT2D eigenvalue weighted by Crippen LogP contribution is -2.55. The molecular formula is C26H25FN2O3. The molecule has 32 heavy (non-hydrogen) atoms. The van der Waals surface area contributed by atoms with Crippen LogP contribution < -0.4 is 5.32 Å². The fraction of sp³-hybridized carbons (Fsp3) is 0.308. The summed E-state index contributed by atoms with van der Waals surface area (Å²) < 4.78 is 18.6. The number of aromatic nitrogens is 1. The molecule has 6 heteroatoms. The Morgan fingerprint density at radius 3 is 2.34 bits per heavy atom. The predicted octanol–water partition coefficient (Wildman–Crippen LogP) is 4.47. The van der Waals surface area contributed by atoms with Gasteiger partial charge in [-0.15, -0.1) is 0 Å². The van der Waals surface area contributed by atoms with E-state index in [1.807, 2.05) is 43.5 Å². The Hall–Kier alpha value is -3.09. The van der Waals surface area contributed by atoms with E-state index >= 15 is 0 Å². The number of pyridine rings is 1. The van der Waals surface area contributed by atoms with Crippen molar-refractivity contribution in [1.29, 1.82) is 0 Å². The number of anilines is 1. The van der Waals surface area contributed by atoms with E-state index in [0.29, 0.717) is 5.69 Å².